The van der Waals surface area contributed by atoms with Gasteiger partial charge in [-0.15, -0.1) is 0 Å². The van der Waals surface area contributed by atoms with Crippen LogP contribution in [0.2, 0.25) is 0 Å². The lowest BCUT2D eigenvalue weighted by Gasteiger charge is -2.29. The summed E-state index contributed by atoms with van der Waals surface area (Å²) in [4.78, 5) is 12.1. The molecule has 1 heterocycles. The Bertz CT molecular complexity index is 253. The molecule has 0 aromatic carbocycles. The van der Waals surface area contributed by atoms with Crippen LogP contribution in [0.3, 0.4) is 0 Å². The second-order valence-corrected chi connectivity index (χ2v) is 5.72. The molecule has 3 atom stereocenters. The van der Waals surface area contributed by atoms with Gasteiger partial charge < -0.3 is 15.7 Å². The second kappa shape index (κ2) is 9.32. The standard InChI is InChI=1S/C15H30N2O2/c1-3-5-13(7-9-18)11-17-15(19)14-10-12(4-2)6-8-16-14/h12-14,16,18H,3-11H2,1-2H3,(H,17,19). The fraction of sp³-hybridized carbons (Fsp3) is 0.933. The molecule has 0 spiro atoms. The van der Waals surface area contributed by atoms with Crippen LogP contribution in [0.4, 0.5) is 0 Å². The minimum Gasteiger partial charge on any atom is -0.396 e. The third-order valence-corrected chi connectivity index (χ3v) is 4.21. The van der Waals surface area contributed by atoms with Gasteiger partial charge in [-0.05, 0) is 44.1 Å². The number of rotatable bonds is 8. The Morgan fingerprint density at radius 1 is 1.42 bits per heavy atom. The molecule has 1 fully saturated rings. The predicted octanol–water partition coefficient (Wildman–Crippen LogP) is 1.68. The molecule has 112 valence electrons. The zero-order valence-electron chi connectivity index (χ0n) is 12.5. The lowest BCUT2D eigenvalue weighted by Crippen LogP contribution is -2.49. The highest BCUT2D eigenvalue weighted by Gasteiger charge is 2.25. The minimum atomic E-state index is -0.0184. The van der Waals surface area contributed by atoms with E-state index in [0.717, 1.165) is 38.6 Å². The quantitative estimate of drug-likeness (QED) is 0.629. The maximum Gasteiger partial charge on any atom is 0.237 e. The summed E-state index contributed by atoms with van der Waals surface area (Å²) < 4.78 is 0. The zero-order valence-corrected chi connectivity index (χ0v) is 12.5. The van der Waals surface area contributed by atoms with Gasteiger partial charge in [0.15, 0.2) is 0 Å². The van der Waals surface area contributed by atoms with E-state index in [1.165, 1.54) is 6.42 Å². The number of aliphatic hydroxyl groups excluding tert-OH is 1. The average Bonchev–Trinajstić information content (AvgIpc) is 2.45. The number of carbonyl (C=O) groups is 1. The Morgan fingerprint density at radius 2 is 2.21 bits per heavy atom. The Hall–Kier alpha value is -0.610. The largest absolute Gasteiger partial charge is 0.396 e. The van der Waals surface area contributed by atoms with Crippen molar-refractivity contribution in [2.45, 2.75) is 58.4 Å². The van der Waals surface area contributed by atoms with Gasteiger partial charge >= 0.3 is 0 Å². The van der Waals surface area contributed by atoms with Gasteiger partial charge in [-0.25, -0.2) is 0 Å². The zero-order chi connectivity index (χ0) is 14.1. The van der Waals surface area contributed by atoms with Crippen molar-refractivity contribution in [1.82, 2.24) is 10.6 Å². The van der Waals surface area contributed by atoms with E-state index in [9.17, 15) is 4.79 Å². The van der Waals surface area contributed by atoms with Gasteiger partial charge in [-0.1, -0.05) is 26.7 Å². The molecule has 0 saturated carbocycles. The number of piperidine rings is 1. The summed E-state index contributed by atoms with van der Waals surface area (Å²) in [5, 5.41) is 15.4. The minimum absolute atomic E-state index is 0.0184. The molecule has 1 amide bonds. The number of hydrogen-bond donors (Lipinski definition) is 3. The number of carbonyl (C=O) groups excluding carboxylic acids is 1. The third kappa shape index (κ3) is 5.91. The van der Waals surface area contributed by atoms with Gasteiger partial charge in [-0.3, -0.25) is 4.79 Å². The first-order chi connectivity index (χ1) is 9.21. The van der Waals surface area contributed by atoms with E-state index in [1.807, 2.05) is 0 Å². The van der Waals surface area contributed by atoms with Crippen LogP contribution in [0.1, 0.15) is 52.4 Å². The van der Waals surface area contributed by atoms with Gasteiger partial charge in [0.05, 0.1) is 6.04 Å². The molecule has 4 heteroatoms. The summed E-state index contributed by atoms with van der Waals surface area (Å²) in [6, 6.07) is -0.0184. The van der Waals surface area contributed by atoms with E-state index in [0.29, 0.717) is 18.4 Å². The summed E-state index contributed by atoms with van der Waals surface area (Å²) in [6.45, 7) is 6.19. The molecule has 0 aromatic rings. The molecule has 0 radical (unpaired) electrons. The topological polar surface area (TPSA) is 61.4 Å². The summed E-state index contributed by atoms with van der Waals surface area (Å²) in [5.41, 5.74) is 0. The molecule has 1 rings (SSSR count). The number of hydrogen-bond acceptors (Lipinski definition) is 3. The Balaban J connectivity index is 2.32. The summed E-state index contributed by atoms with van der Waals surface area (Å²) in [6.07, 6.45) is 6.25. The van der Waals surface area contributed by atoms with Crippen molar-refractivity contribution < 1.29 is 9.90 Å². The van der Waals surface area contributed by atoms with Crippen LogP contribution < -0.4 is 10.6 Å². The molecule has 3 N–H and O–H groups in total. The first-order valence-corrected chi connectivity index (χ1v) is 7.83. The van der Waals surface area contributed by atoms with Crippen molar-refractivity contribution >= 4 is 5.91 Å². The molecule has 0 aromatic heterocycles. The molecule has 19 heavy (non-hydrogen) atoms. The average molecular weight is 270 g/mol. The van der Waals surface area contributed by atoms with E-state index in [1.54, 1.807) is 0 Å². The van der Waals surface area contributed by atoms with E-state index in [-0.39, 0.29) is 18.6 Å². The molecule has 1 aliphatic rings. The van der Waals surface area contributed by atoms with Crippen molar-refractivity contribution in [2.24, 2.45) is 11.8 Å². The van der Waals surface area contributed by atoms with Crippen LogP contribution >= 0.6 is 0 Å². The fourth-order valence-electron chi connectivity index (χ4n) is 2.87. The summed E-state index contributed by atoms with van der Waals surface area (Å²) in [5.74, 6) is 1.22. The van der Waals surface area contributed by atoms with Gasteiger partial charge in [0.2, 0.25) is 5.91 Å². The Labute approximate surface area is 117 Å². The van der Waals surface area contributed by atoms with Crippen LogP contribution in [0, 0.1) is 11.8 Å². The third-order valence-electron chi connectivity index (χ3n) is 4.21. The highest BCUT2D eigenvalue weighted by molar-refractivity contribution is 5.81. The lowest BCUT2D eigenvalue weighted by molar-refractivity contribution is -0.124. The fourth-order valence-corrected chi connectivity index (χ4v) is 2.87. The maximum absolute atomic E-state index is 12.1. The van der Waals surface area contributed by atoms with Crippen LogP contribution in [0.5, 0.6) is 0 Å². The first-order valence-electron chi connectivity index (χ1n) is 7.83. The Kier molecular flexibility index (Phi) is 8.07. The van der Waals surface area contributed by atoms with E-state index in [2.05, 4.69) is 24.5 Å². The predicted molar refractivity (Wildman–Crippen MR) is 77.9 cm³/mol. The van der Waals surface area contributed by atoms with Gasteiger partial charge in [0.1, 0.15) is 0 Å². The molecule has 4 nitrogen and oxygen atoms in total. The summed E-state index contributed by atoms with van der Waals surface area (Å²) >= 11 is 0. The van der Waals surface area contributed by atoms with E-state index < -0.39 is 0 Å². The second-order valence-electron chi connectivity index (χ2n) is 5.72. The van der Waals surface area contributed by atoms with Crippen molar-refractivity contribution in [3.63, 3.8) is 0 Å². The molecule has 0 bridgehead atoms. The summed E-state index contributed by atoms with van der Waals surface area (Å²) in [7, 11) is 0. The molecule has 0 aliphatic carbocycles. The smallest absolute Gasteiger partial charge is 0.237 e. The van der Waals surface area contributed by atoms with Crippen molar-refractivity contribution in [3.05, 3.63) is 0 Å². The van der Waals surface area contributed by atoms with E-state index in [4.69, 9.17) is 5.11 Å². The van der Waals surface area contributed by atoms with Crippen LogP contribution in [-0.4, -0.2) is 36.8 Å². The SMILES string of the molecule is CCCC(CCO)CNC(=O)C1CC(CC)CCN1. The van der Waals surface area contributed by atoms with Gasteiger partial charge in [-0.2, -0.15) is 0 Å². The molecule has 1 aliphatic heterocycles. The Morgan fingerprint density at radius 3 is 2.84 bits per heavy atom. The molecule has 3 unspecified atom stereocenters. The van der Waals surface area contributed by atoms with Gasteiger partial charge in [0.25, 0.3) is 0 Å². The number of amides is 1. The van der Waals surface area contributed by atoms with Crippen molar-refractivity contribution in [3.8, 4) is 0 Å². The highest BCUT2D eigenvalue weighted by atomic mass is 16.3. The van der Waals surface area contributed by atoms with Crippen molar-refractivity contribution in [1.29, 1.82) is 0 Å². The molecular weight excluding hydrogens is 240 g/mol. The van der Waals surface area contributed by atoms with Crippen LogP contribution in [0.25, 0.3) is 0 Å². The highest BCUT2D eigenvalue weighted by Crippen LogP contribution is 2.19. The van der Waals surface area contributed by atoms with Gasteiger partial charge in [0, 0.05) is 13.2 Å². The first kappa shape index (κ1) is 16.4. The van der Waals surface area contributed by atoms with Crippen LogP contribution in [-0.2, 0) is 4.79 Å². The monoisotopic (exact) mass is 270 g/mol. The number of nitrogens with one attached hydrogen (secondary N) is 2. The van der Waals surface area contributed by atoms with Crippen LogP contribution in [0.15, 0.2) is 0 Å². The molecule has 1 saturated heterocycles. The lowest BCUT2D eigenvalue weighted by atomic mass is 9.90. The molecular formula is C15H30N2O2. The normalized spacial score (nSPS) is 25.0. The number of aliphatic hydroxyl groups is 1. The maximum atomic E-state index is 12.1. The van der Waals surface area contributed by atoms with E-state index >= 15 is 0 Å². The van der Waals surface area contributed by atoms with Crippen molar-refractivity contribution in [2.75, 3.05) is 19.7 Å².